The molecule has 152 valence electrons. The number of benzene rings is 1. The summed E-state index contributed by atoms with van der Waals surface area (Å²) in [4.78, 5) is 13.1. The van der Waals surface area contributed by atoms with Gasteiger partial charge in [0.15, 0.2) is 0 Å². The molecule has 6 nitrogen and oxygen atoms in total. The fraction of sp³-hybridized carbons (Fsp3) is 0.333. The van der Waals surface area contributed by atoms with Crippen LogP contribution in [0.1, 0.15) is 22.5 Å². The number of aryl methyl sites for hydroxylation is 1. The number of thiophene rings is 1. The third kappa shape index (κ3) is 4.71. The molecule has 3 aromatic rings. The van der Waals surface area contributed by atoms with Crippen molar-refractivity contribution in [2.24, 2.45) is 13.0 Å². The van der Waals surface area contributed by atoms with Gasteiger partial charge in [0.05, 0.1) is 27.8 Å². The Labute approximate surface area is 182 Å². The fourth-order valence-electron chi connectivity index (χ4n) is 3.49. The highest BCUT2D eigenvalue weighted by Crippen LogP contribution is 2.37. The van der Waals surface area contributed by atoms with E-state index in [0.717, 1.165) is 53.1 Å². The summed E-state index contributed by atoms with van der Waals surface area (Å²) >= 11 is 5.01. The summed E-state index contributed by atoms with van der Waals surface area (Å²) in [5, 5.41) is 12.6. The lowest BCUT2D eigenvalue weighted by atomic mass is 9.99. The number of nitrogens with one attached hydrogen (secondary N) is 2. The minimum atomic E-state index is -0.113. The van der Waals surface area contributed by atoms with E-state index in [1.54, 1.807) is 6.20 Å². The van der Waals surface area contributed by atoms with Gasteiger partial charge in [-0.05, 0) is 77.4 Å². The molecule has 1 aliphatic rings. The van der Waals surface area contributed by atoms with Crippen LogP contribution in [0.5, 0.6) is 5.75 Å². The third-order valence-electron chi connectivity index (χ3n) is 5.06. The van der Waals surface area contributed by atoms with Gasteiger partial charge in [0.25, 0.3) is 5.91 Å². The lowest BCUT2D eigenvalue weighted by Crippen LogP contribution is -2.30. The second-order valence-corrected chi connectivity index (χ2v) is 8.91. The van der Waals surface area contributed by atoms with E-state index < -0.39 is 0 Å². The van der Waals surface area contributed by atoms with Gasteiger partial charge in [0, 0.05) is 18.3 Å². The van der Waals surface area contributed by atoms with Crippen LogP contribution in [0.15, 0.2) is 46.4 Å². The molecule has 8 heteroatoms. The minimum Gasteiger partial charge on any atom is -0.493 e. The Balaban J connectivity index is 1.60. The number of aromatic nitrogens is 2. The lowest BCUT2D eigenvalue weighted by molar-refractivity contribution is 0.103. The molecule has 0 radical (unpaired) electrons. The lowest BCUT2D eigenvalue weighted by Gasteiger charge is -2.23. The van der Waals surface area contributed by atoms with Crippen molar-refractivity contribution in [2.45, 2.75) is 12.8 Å². The van der Waals surface area contributed by atoms with Gasteiger partial charge < -0.3 is 15.4 Å². The number of carbonyl (C=O) groups is 1. The number of hydrogen-bond acceptors (Lipinski definition) is 5. The Kier molecular flexibility index (Phi) is 6.32. The van der Waals surface area contributed by atoms with Gasteiger partial charge in [-0.1, -0.05) is 6.07 Å². The van der Waals surface area contributed by atoms with Crippen LogP contribution in [-0.4, -0.2) is 35.4 Å². The van der Waals surface area contributed by atoms with Gasteiger partial charge in [-0.3, -0.25) is 9.48 Å². The zero-order valence-electron chi connectivity index (χ0n) is 16.2. The first-order valence-electron chi connectivity index (χ1n) is 9.62. The summed E-state index contributed by atoms with van der Waals surface area (Å²) < 4.78 is 8.93. The molecule has 0 spiro atoms. The Morgan fingerprint density at radius 2 is 2.21 bits per heavy atom. The third-order valence-corrected chi connectivity index (χ3v) is 6.51. The van der Waals surface area contributed by atoms with Crippen molar-refractivity contribution in [1.82, 2.24) is 15.1 Å². The van der Waals surface area contributed by atoms with E-state index in [4.69, 9.17) is 4.74 Å². The molecule has 0 aliphatic carbocycles. The second kappa shape index (κ2) is 9.11. The summed E-state index contributed by atoms with van der Waals surface area (Å²) in [6, 6.07) is 9.45. The van der Waals surface area contributed by atoms with Crippen molar-refractivity contribution in [3.63, 3.8) is 0 Å². The molecule has 1 fully saturated rings. The summed E-state index contributed by atoms with van der Waals surface area (Å²) in [5.41, 5.74) is 2.54. The Bertz CT molecular complexity index is 961. The molecular formula is C21H23BrN4O2S. The SMILES string of the molecule is Cn1ncc(Br)c1-c1cc(NC(=O)c2cccs2)ccc1OCC1CCNCC1. The maximum Gasteiger partial charge on any atom is 0.265 e. The van der Waals surface area contributed by atoms with Crippen LogP contribution in [0.2, 0.25) is 0 Å². The average molecular weight is 475 g/mol. The van der Waals surface area contributed by atoms with Crippen molar-refractivity contribution in [1.29, 1.82) is 0 Å². The molecule has 0 atom stereocenters. The van der Waals surface area contributed by atoms with Crippen LogP contribution in [0.4, 0.5) is 5.69 Å². The zero-order valence-corrected chi connectivity index (χ0v) is 18.6. The first kappa shape index (κ1) is 20.1. The molecule has 2 N–H and O–H groups in total. The normalized spacial score (nSPS) is 14.7. The molecule has 0 unspecified atom stereocenters. The highest BCUT2D eigenvalue weighted by Gasteiger charge is 2.19. The van der Waals surface area contributed by atoms with Crippen molar-refractivity contribution in [3.05, 3.63) is 51.3 Å². The summed E-state index contributed by atoms with van der Waals surface area (Å²) in [6.07, 6.45) is 4.02. The highest BCUT2D eigenvalue weighted by molar-refractivity contribution is 9.10. The topological polar surface area (TPSA) is 68.2 Å². The van der Waals surface area contributed by atoms with E-state index in [-0.39, 0.29) is 5.91 Å². The minimum absolute atomic E-state index is 0.113. The average Bonchev–Trinajstić information content (AvgIpc) is 3.38. The second-order valence-electron chi connectivity index (χ2n) is 7.11. The number of carbonyl (C=O) groups excluding carboxylic acids is 1. The molecule has 0 bridgehead atoms. The largest absolute Gasteiger partial charge is 0.493 e. The van der Waals surface area contributed by atoms with E-state index >= 15 is 0 Å². The molecule has 2 aromatic heterocycles. The molecular weight excluding hydrogens is 452 g/mol. The van der Waals surface area contributed by atoms with Gasteiger partial charge in [-0.15, -0.1) is 11.3 Å². The van der Waals surface area contributed by atoms with Crippen LogP contribution in [0.25, 0.3) is 11.3 Å². The maximum atomic E-state index is 12.5. The molecule has 1 amide bonds. The van der Waals surface area contributed by atoms with Crippen LogP contribution in [0, 0.1) is 5.92 Å². The van der Waals surface area contributed by atoms with Gasteiger partial charge in [-0.25, -0.2) is 0 Å². The highest BCUT2D eigenvalue weighted by atomic mass is 79.9. The molecule has 1 aliphatic heterocycles. The first-order valence-corrected chi connectivity index (χ1v) is 11.3. The number of amides is 1. The van der Waals surface area contributed by atoms with Gasteiger partial charge in [0.2, 0.25) is 0 Å². The molecule has 1 saturated heterocycles. The van der Waals surface area contributed by atoms with E-state index in [1.165, 1.54) is 11.3 Å². The van der Waals surface area contributed by atoms with E-state index in [1.807, 2.05) is 47.4 Å². The van der Waals surface area contributed by atoms with Crippen molar-refractivity contribution in [2.75, 3.05) is 25.0 Å². The number of anilines is 1. The Morgan fingerprint density at radius 3 is 2.90 bits per heavy atom. The van der Waals surface area contributed by atoms with Crippen molar-refractivity contribution >= 4 is 38.9 Å². The number of ether oxygens (including phenoxy) is 1. The summed E-state index contributed by atoms with van der Waals surface area (Å²) in [6.45, 7) is 2.77. The summed E-state index contributed by atoms with van der Waals surface area (Å²) in [5.74, 6) is 1.23. The van der Waals surface area contributed by atoms with Gasteiger partial charge in [0.1, 0.15) is 5.75 Å². The molecule has 29 heavy (non-hydrogen) atoms. The zero-order chi connectivity index (χ0) is 20.2. The van der Waals surface area contributed by atoms with Crippen LogP contribution >= 0.6 is 27.3 Å². The number of nitrogens with zero attached hydrogens (tertiary/aromatic N) is 2. The quantitative estimate of drug-likeness (QED) is 0.550. The molecule has 1 aromatic carbocycles. The molecule has 4 rings (SSSR count). The first-order chi connectivity index (χ1) is 14.1. The van der Waals surface area contributed by atoms with Crippen LogP contribution in [0.3, 0.4) is 0 Å². The number of hydrogen-bond donors (Lipinski definition) is 2. The number of halogens is 1. The fourth-order valence-corrected chi connectivity index (χ4v) is 4.67. The van der Waals surface area contributed by atoms with Gasteiger partial charge in [-0.2, -0.15) is 5.10 Å². The van der Waals surface area contributed by atoms with E-state index in [0.29, 0.717) is 17.4 Å². The maximum absolute atomic E-state index is 12.5. The number of piperidine rings is 1. The van der Waals surface area contributed by atoms with Gasteiger partial charge >= 0.3 is 0 Å². The van der Waals surface area contributed by atoms with Crippen molar-refractivity contribution in [3.8, 4) is 17.0 Å². The molecule has 0 saturated carbocycles. The Hall–Kier alpha value is -2.16. The number of rotatable bonds is 6. The predicted molar refractivity (Wildman–Crippen MR) is 120 cm³/mol. The summed E-state index contributed by atoms with van der Waals surface area (Å²) in [7, 11) is 1.90. The van der Waals surface area contributed by atoms with Crippen LogP contribution < -0.4 is 15.4 Å². The van der Waals surface area contributed by atoms with Crippen LogP contribution in [-0.2, 0) is 7.05 Å². The Morgan fingerprint density at radius 1 is 1.38 bits per heavy atom. The monoisotopic (exact) mass is 474 g/mol. The predicted octanol–water partition coefficient (Wildman–Crippen LogP) is 4.54. The van der Waals surface area contributed by atoms with E-state index in [2.05, 4.69) is 31.7 Å². The molecule has 3 heterocycles. The van der Waals surface area contributed by atoms with Crippen molar-refractivity contribution < 1.29 is 9.53 Å². The standard InChI is InChI=1S/C21H23BrN4O2S/c1-26-20(17(22)12-24-26)16-11-15(25-21(27)19-3-2-10-29-19)4-5-18(16)28-13-14-6-8-23-9-7-14/h2-5,10-12,14,23H,6-9,13H2,1H3,(H,25,27). The smallest absolute Gasteiger partial charge is 0.265 e. The van der Waals surface area contributed by atoms with E-state index in [9.17, 15) is 4.79 Å².